The van der Waals surface area contributed by atoms with E-state index >= 15 is 0 Å². The molecule has 1 rings (SSSR count). The summed E-state index contributed by atoms with van der Waals surface area (Å²) < 4.78 is 0. The Bertz CT molecular complexity index is 377. The number of hydrogen-bond acceptors (Lipinski definition) is 3. The van der Waals surface area contributed by atoms with E-state index in [0.29, 0.717) is 0 Å². The quantitative estimate of drug-likeness (QED) is 0.347. The van der Waals surface area contributed by atoms with Crippen LogP contribution in [0.5, 0.6) is 0 Å². The van der Waals surface area contributed by atoms with Gasteiger partial charge in [-0.15, -0.1) is 6.58 Å². The number of benzene rings is 1. The molecule has 4 heteroatoms. The van der Waals surface area contributed by atoms with Crippen molar-refractivity contribution >= 4 is 5.69 Å². The lowest BCUT2D eigenvalue weighted by atomic mass is 10.1. The van der Waals surface area contributed by atoms with Crippen molar-refractivity contribution in [2.75, 3.05) is 6.54 Å². The normalized spacial score (nSPS) is 12.1. The molecular formula is C12H16N2O2. The minimum absolute atomic E-state index is 0.111. The minimum Gasteiger partial charge on any atom is -0.310 e. The number of nitrogens with one attached hydrogen (secondary N) is 1. The summed E-state index contributed by atoms with van der Waals surface area (Å²) in [6, 6.07) is 6.81. The second kappa shape index (κ2) is 6.02. The summed E-state index contributed by atoms with van der Waals surface area (Å²) in [6.45, 7) is 6.45. The molecule has 1 aromatic carbocycles. The van der Waals surface area contributed by atoms with Gasteiger partial charge in [-0.25, -0.2) is 0 Å². The highest BCUT2D eigenvalue weighted by Gasteiger charge is 2.09. The van der Waals surface area contributed by atoms with Crippen LogP contribution in [0.3, 0.4) is 0 Å². The average Bonchev–Trinajstić information content (AvgIpc) is 2.29. The van der Waals surface area contributed by atoms with E-state index in [0.717, 1.165) is 18.5 Å². The fraction of sp³-hybridized carbons (Fsp3) is 0.333. The van der Waals surface area contributed by atoms with Gasteiger partial charge in [0.05, 0.1) is 4.92 Å². The standard InChI is InChI=1S/C12H16N2O2/c1-3-4-8-13-10(2)11-6-5-7-12(9-11)14(15)16/h3,5-7,9-10,13H,1,4,8H2,2H3. The molecule has 0 bridgehead atoms. The Morgan fingerprint density at radius 3 is 3.00 bits per heavy atom. The van der Waals surface area contributed by atoms with Crippen molar-refractivity contribution in [3.8, 4) is 0 Å². The largest absolute Gasteiger partial charge is 0.310 e. The summed E-state index contributed by atoms with van der Waals surface area (Å²) >= 11 is 0. The molecule has 1 atom stereocenters. The van der Waals surface area contributed by atoms with Gasteiger partial charge in [-0.2, -0.15) is 0 Å². The second-order valence-corrected chi connectivity index (χ2v) is 3.61. The highest BCUT2D eigenvalue weighted by molar-refractivity contribution is 5.35. The van der Waals surface area contributed by atoms with Gasteiger partial charge in [0.25, 0.3) is 5.69 Å². The molecule has 0 aromatic heterocycles. The van der Waals surface area contributed by atoms with Gasteiger partial charge in [0.1, 0.15) is 0 Å². The Kier molecular flexibility index (Phi) is 4.66. The molecule has 1 unspecified atom stereocenters. The minimum atomic E-state index is -0.375. The first-order valence-electron chi connectivity index (χ1n) is 5.23. The van der Waals surface area contributed by atoms with Crippen LogP contribution in [-0.4, -0.2) is 11.5 Å². The first-order chi connectivity index (χ1) is 7.65. The first kappa shape index (κ1) is 12.4. The fourth-order valence-corrected chi connectivity index (χ4v) is 1.43. The molecule has 0 fully saturated rings. The monoisotopic (exact) mass is 220 g/mol. The Hall–Kier alpha value is -1.68. The lowest BCUT2D eigenvalue weighted by Gasteiger charge is -2.13. The third-order valence-corrected chi connectivity index (χ3v) is 2.38. The van der Waals surface area contributed by atoms with Gasteiger partial charge in [-0.3, -0.25) is 10.1 Å². The van der Waals surface area contributed by atoms with Gasteiger partial charge >= 0.3 is 0 Å². The molecule has 0 saturated heterocycles. The number of non-ortho nitro benzene ring substituents is 1. The van der Waals surface area contributed by atoms with E-state index in [2.05, 4.69) is 11.9 Å². The molecule has 86 valence electrons. The van der Waals surface area contributed by atoms with Crippen LogP contribution < -0.4 is 5.32 Å². The maximum absolute atomic E-state index is 10.6. The summed E-state index contributed by atoms with van der Waals surface area (Å²) in [6.07, 6.45) is 2.73. The van der Waals surface area contributed by atoms with Crippen LogP contribution >= 0.6 is 0 Å². The molecule has 0 spiro atoms. The molecule has 0 amide bonds. The summed E-state index contributed by atoms with van der Waals surface area (Å²) in [5.41, 5.74) is 1.06. The van der Waals surface area contributed by atoms with E-state index in [4.69, 9.17) is 0 Å². The predicted molar refractivity (Wildman–Crippen MR) is 64.3 cm³/mol. The Morgan fingerprint density at radius 2 is 2.38 bits per heavy atom. The molecule has 4 nitrogen and oxygen atoms in total. The maximum Gasteiger partial charge on any atom is 0.269 e. The van der Waals surface area contributed by atoms with Crippen molar-refractivity contribution in [1.82, 2.24) is 5.32 Å². The molecule has 0 aliphatic carbocycles. The zero-order chi connectivity index (χ0) is 12.0. The number of nitrogens with zero attached hydrogens (tertiary/aromatic N) is 1. The van der Waals surface area contributed by atoms with Gasteiger partial charge in [0.15, 0.2) is 0 Å². The van der Waals surface area contributed by atoms with Crippen LogP contribution in [0.15, 0.2) is 36.9 Å². The van der Waals surface area contributed by atoms with E-state index in [1.807, 2.05) is 19.1 Å². The van der Waals surface area contributed by atoms with E-state index in [1.165, 1.54) is 6.07 Å². The first-order valence-corrected chi connectivity index (χ1v) is 5.23. The molecule has 0 saturated carbocycles. The highest BCUT2D eigenvalue weighted by atomic mass is 16.6. The smallest absolute Gasteiger partial charge is 0.269 e. The van der Waals surface area contributed by atoms with Crippen LogP contribution in [0.1, 0.15) is 24.9 Å². The zero-order valence-electron chi connectivity index (χ0n) is 9.35. The van der Waals surface area contributed by atoms with Crippen LogP contribution in [0.25, 0.3) is 0 Å². The van der Waals surface area contributed by atoms with E-state index in [9.17, 15) is 10.1 Å². The molecule has 0 aliphatic heterocycles. The van der Waals surface area contributed by atoms with E-state index in [-0.39, 0.29) is 16.7 Å². The zero-order valence-corrected chi connectivity index (χ0v) is 9.35. The molecule has 1 N–H and O–H groups in total. The maximum atomic E-state index is 10.6. The van der Waals surface area contributed by atoms with Gasteiger partial charge in [0, 0.05) is 18.2 Å². The molecule has 1 aromatic rings. The third-order valence-electron chi connectivity index (χ3n) is 2.38. The lowest BCUT2D eigenvalue weighted by Crippen LogP contribution is -2.19. The number of nitro groups is 1. The van der Waals surface area contributed by atoms with Gasteiger partial charge in [0.2, 0.25) is 0 Å². The van der Waals surface area contributed by atoms with Crippen LogP contribution in [0.4, 0.5) is 5.69 Å². The van der Waals surface area contributed by atoms with Gasteiger partial charge in [-0.05, 0) is 25.5 Å². The second-order valence-electron chi connectivity index (χ2n) is 3.61. The van der Waals surface area contributed by atoms with E-state index < -0.39 is 0 Å². The molecule has 0 radical (unpaired) electrons. The average molecular weight is 220 g/mol. The van der Waals surface area contributed by atoms with Crippen molar-refractivity contribution in [2.24, 2.45) is 0 Å². The van der Waals surface area contributed by atoms with Crippen molar-refractivity contribution < 1.29 is 4.92 Å². The van der Waals surface area contributed by atoms with Crippen molar-refractivity contribution in [2.45, 2.75) is 19.4 Å². The Labute approximate surface area is 95.1 Å². The van der Waals surface area contributed by atoms with Crippen molar-refractivity contribution in [1.29, 1.82) is 0 Å². The van der Waals surface area contributed by atoms with E-state index in [1.54, 1.807) is 12.1 Å². The number of hydrogen-bond donors (Lipinski definition) is 1. The molecular weight excluding hydrogens is 204 g/mol. The van der Waals surface area contributed by atoms with Gasteiger partial charge < -0.3 is 5.32 Å². The Morgan fingerprint density at radius 1 is 1.62 bits per heavy atom. The predicted octanol–water partition coefficient (Wildman–Crippen LogP) is 2.82. The van der Waals surface area contributed by atoms with Crippen LogP contribution in [0, 0.1) is 10.1 Å². The highest BCUT2D eigenvalue weighted by Crippen LogP contribution is 2.18. The summed E-state index contributed by atoms with van der Waals surface area (Å²) in [5.74, 6) is 0. The third kappa shape index (κ3) is 3.47. The molecule has 0 aliphatic rings. The Balaban J connectivity index is 2.67. The van der Waals surface area contributed by atoms with Crippen LogP contribution in [0.2, 0.25) is 0 Å². The molecule has 16 heavy (non-hydrogen) atoms. The van der Waals surface area contributed by atoms with Crippen molar-refractivity contribution in [3.05, 3.63) is 52.6 Å². The topological polar surface area (TPSA) is 55.2 Å². The summed E-state index contributed by atoms with van der Waals surface area (Å²) in [4.78, 5) is 10.2. The van der Waals surface area contributed by atoms with Gasteiger partial charge in [-0.1, -0.05) is 18.2 Å². The van der Waals surface area contributed by atoms with Crippen LogP contribution in [-0.2, 0) is 0 Å². The van der Waals surface area contributed by atoms with Crippen molar-refractivity contribution in [3.63, 3.8) is 0 Å². The lowest BCUT2D eigenvalue weighted by molar-refractivity contribution is -0.384. The SMILES string of the molecule is C=CCCNC(C)c1cccc([N+](=O)[O-])c1. The summed E-state index contributed by atoms with van der Waals surface area (Å²) in [5, 5.41) is 13.9. The number of nitro benzene ring substituents is 1. The number of rotatable bonds is 6. The fourth-order valence-electron chi connectivity index (χ4n) is 1.43. The summed E-state index contributed by atoms with van der Waals surface area (Å²) in [7, 11) is 0. The molecule has 0 heterocycles.